The van der Waals surface area contributed by atoms with Crippen molar-refractivity contribution in [3.8, 4) is 0 Å². The first-order chi connectivity index (χ1) is 9.71. The molecule has 0 spiro atoms. The second-order valence-electron chi connectivity index (χ2n) is 7.91. The van der Waals surface area contributed by atoms with E-state index in [-0.39, 0.29) is 11.1 Å². The summed E-state index contributed by atoms with van der Waals surface area (Å²) in [5, 5.41) is 7.04. The van der Waals surface area contributed by atoms with Crippen molar-refractivity contribution < 1.29 is 0 Å². The fourth-order valence-corrected chi connectivity index (χ4v) is 3.88. The van der Waals surface area contributed by atoms with Crippen LogP contribution < -0.4 is 10.6 Å². The van der Waals surface area contributed by atoms with Crippen LogP contribution in [0, 0.1) is 0 Å². The molecule has 1 saturated heterocycles. The molecule has 0 atom stereocenters. The van der Waals surface area contributed by atoms with E-state index in [0.717, 1.165) is 12.4 Å². The van der Waals surface area contributed by atoms with Crippen LogP contribution in [0.1, 0.15) is 73.1 Å². The van der Waals surface area contributed by atoms with Gasteiger partial charge >= 0.3 is 0 Å². The molecule has 1 aliphatic rings. The molecule has 0 aromatic heterocycles. The average Bonchev–Trinajstić information content (AvgIpc) is 2.34. The highest BCUT2D eigenvalue weighted by Crippen LogP contribution is 2.32. The van der Waals surface area contributed by atoms with Crippen LogP contribution in [0.25, 0.3) is 0 Å². The van der Waals surface area contributed by atoms with Crippen LogP contribution >= 0.6 is 0 Å². The van der Waals surface area contributed by atoms with Crippen molar-refractivity contribution in [2.45, 2.75) is 90.3 Å². The van der Waals surface area contributed by atoms with Crippen molar-refractivity contribution in [1.29, 1.82) is 0 Å². The highest BCUT2D eigenvalue weighted by molar-refractivity contribution is 5.04. The minimum absolute atomic E-state index is 0.183. The van der Waals surface area contributed by atoms with E-state index in [2.05, 4.69) is 56.7 Å². The van der Waals surface area contributed by atoms with Crippen molar-refractivity contribution in [3.05, 3.63) is 12.4 Å². The predicted octanol–water partition coefficient (Wildman–Crippen LogP) is 3.87. The second-order valence-corrected chi connectivity index (χ2v) is 7.91. The highest BCUT2D eigenvalue weighted by atomic mass is 15.3. The van der Waals surface area contributed by atoms with E-state index >= 15 is 0 Å². The van der Waals surface area contributed by atoms with Gasteiger partial charge in [0.15, 0.2) is 0 Å². The van der Waals surface area contributed by atoms with E-state index in [4.69, 9.17) is 0 Å². The summed E-state index contributed by atoms with van der Waals surface area (Å²) in [6.45, 7) is 16.9. The summed E-state index contributed by atoms with van der Waals surface area (Å²) in [4.78, 5) is 2.51. The first-order valence-corrected chi connectivity index (χ1v) is 8.63. The normalized spacial score (nSPS) is 21.0. The molecule has 0 radical (unpaired) electrons. The molecule has 0 aromatic rings. The summed E-state index contributed by atoms with van der Waals surface area (Å²) in [7, 11) is 1.98. The third kappa shape index (κ3) is 5.90. The molecule has 124 valence electrons. The van der Waals surface area contributed by atoms with E-state index < -0.39 is 0 Å². The summed E-state index contributed by atoms with van der Waals surface area (Å²) < 4.78 is 0. The molecule has 0 amide bonds. The standard InChI is InChI=1S/C18H37N3/c1-8-9-10-11-12-21(15(2)19-7)16-13-17(3,4)20-18(5,6)14-16/h16,19-20H,2,8-14H2,1,3-7H3. The van der Waals surface area contributed by atoms with Gasteiger partial charge in [-0.1, -0.05) is 32.8 Å². The maximum atomic E-state index is 4.24. The molecule has 1 rings (SSSR count). The van der Waals surface area contributed by atoms with Crippen molar-refractivity contribution >= 4 is 0 Å². The molecule has 3 nitrogen and oxygen atoms in total. The zero-order chi connectivity index (χ0) is 16.1. The van der Waals surface area contributed by atoms with Crippen LogP contribution in [0.3, 0.4) is 0 Å². The zero-order valence-corrected chi connectivity index (χ0v) is 15.2. The molecule has 0 aliphatic carbocycles. The predicted molar refractivity (Wildman–Crippen MR) is 93.4 cm³/mol. The largest absolute Gasteiger partial charge is 0.375 e. The molecule has 2 N–H and O–H groups in total. The summed E-state index contributed by atoms with van der Waals surface area (Å²) >= 11 is 0. The van der Waals surface area contributed by atoms with Gasteiger partial charge < -0.3 is 15.5 Å². The first-order valence-electron chi connectivity index (χ1n) is 8.63. The van der Waals surface area contributed by atoms with E-state index in [0.29, 0.717) is 6.04 Å². The fraction of sp³-hybridized carbons (Fsp3) is 0.889. The Bertz CT molecular complexity index is 317. The Balaban J connectivity index is 2.74. The Morgan fingerprint density at radius 2 is 1.71 bits per heavy atom. The Morgan fingerprint density at radius 3 is 2.19 bits per heavy atom. The van der Waals surface area contributed by atoms with Gasteiger partial charge in [-0.2, -0.15) is 0 Å². The van der Waals surface area contributed by atoms with Gasteiger partial charge in [0, 0.05) is 30.7 Å². The molecule has 1 heterocycles. The number of piperidine rings is 1. The van der Waals surface area contributed by atoms with Crippen LogP contribution in [-0.2, 0) is 0 Å². The van der Waals surface area contributed by atoms with E-state index in [1.165, 1.54) is 38.5 Å². The average molecular weight is 296 g/mol. The number of nitrogens with zero attached hydrogens (tertiary/aromatic N) is 1. The topological polar surface area (TPSA) is 27.3 Å². The van der Waals surface area contributed by atoms with Crippen LogP contribution in [0.2, 0.25) is 0 Å². The van der Waals surface area contributed by atoms with Gasteiger partial charge in [-0.25, -0.2) is 0 Å². The van der Waals surface area contributed by atoms with E-state index in [1.54, 1.807) is 0 Å². The van der Waals surface area contributed by atoms with Crippen LogP contribution in [0.15, 0.2) is 12.4 Å². The van der Waals surface area contributed by atoms with Gasteiger partial charge in [-0.15, -0.1) is 0 Å². The molecule has 0 aromatic carbocycles. The molecular formula is C18H37N3. The minimum Gasteiger partial charge on any atom is -0.375 e. The lowest BCUT2D eigenvalue weighted by molar-refractivity contribution is 0.0815. The summed E-state index contributed by atoms with van der Waals surface area (Å²) in [6.07, 6.45) is 7.56. The Hall–Kier alpha value is -0.700. The van der Waals surface area contributed by atoms with Gasteiger partial charge in [-0.3, -0.25) is 0 Å². The van der Waals surface area contributed by atoms with Crippen molar-refractivity contribution in [3.63, 3.8) is 0 Å². The molecule has 1 aliphatic heterocycles. The van der Waals surface area contributed by atoms with Gasteiger partial charge in [0.25, 0.3) is 0 Å². The molecule has 1 fully saturated rings. The molecular weight excluding hydrogens is 258 g/mol. The zero-order valence-electron chi connectivity index (χ0n) is 15.2. The van der Waals surface area contributed by atoms with Crippen LogP contribution in [-0.4, -0.2) is 35.6 Å². The van der Waals surface area contributed by atoms with Crippen LogP contribution in [0.4, 0.5) is 0 Å². The van der Waals surface area contributed by atoms with Crippen molar-refractivity contribution in [2.75, 3.05) is 13.6 Å². The SMILES string of the molecule is C=C(NC)N(CCCCCC)C1CC(C)(C)NC(C)(C)C1. The lowest BCUT2D eigenvalue weighted by Crippen LogP contribution is -2.62. The van der Waals surface area contributed by atoms with Crippen molar-refractivity contribution in [2.24, 2.45) is 0 Å². The van der Waals surface area contributed by atoms with E-state index in [1.807, 2.05) is 7.05 Å². The molecule has 0 saturated carbocycles. The summed E-state index contributed by atoms with van der Waals surface area (Å²) in [6, 6.07) is 0.567. The maximum absolute atomic E-state index is 4.24. The lowest BCUT2D eigenvalue weighted by atomic mass is 9.79. The number of hydrogen-bond donors (Lipinski definition) is 2. The quantitative estimate of drug-likeness (QED) is 0.666. The van der Waals surface area contributed by atoms with E-state index in [9.17, 15) is 0 Å². The maximum Gasteiger partial charge on any atom is 0.0938 e. The third-order valence-corrected chi connectivity index (χ3v) is 4.50. The van der Waals surface area contributed by atoms with Crippen molar-refractivity contribution in [1.82, 2.24) is 15.5 Å². The van der Waals surface area contributed by atoms with Gasteiger partial charge in [0.1, 0.15) is 0 Å². The molecule has 0 unspecified atom stereocenters. The summed E-state index contributed by atoms with van der Waals surface area (Å²) in [5.41, 5.74) is 0.365. The number of hydrogen-bond acceptors (Lipinski definition) is 3. The monoisotopic (exact) mass is 295 g/mol. The summed E-state index contributed by atoms with van der Waals surface area (Å²) in [5.74, 6) is 1.07. The fourth-order valence-electron chi connectivity index (χ4n) is 3.88. The Morgan fingerprint density at radius 1 is 1.14 bits per heavy atom. The smallest absolute Gasteiger partial charge is 0.0938 e. The number of unbranched alkanes of at least 4 members (excludes halogenated alkanes) is 3. The van der Waals surface area contributed by atoms with Gasteiger partial charge in [-0.05, 0) is 47.0 Å². The third-order valence-electron chi connectivity index (χ3n) is 4.50. The Labute approximate surface area is 132 Å². The minimum atomic E-state index is 0.183. The second kappa shape index (κ2) is 7.53. The lowest BCUT2D eigenvalue weighted by Gasteiger charge is -2.50. The highest BCUT2D eigenvalue weighted by Gasteiger charge is 2.40. The number of nitrogens with one attached hydrogen (secondary N) is 2. The van der Waals surface area contributed by atoms with Gasteiger partial charge in [0.2, 0.25) is 0 Å². The molecule has 21 heavy (non-hydrogen) atoms. The first kappa shape index (κ1) is 18.3. The molecule has 3 heteroatoms. The van der Waals surface area contributed by atoms with Crippen LogP contribution in [0.5, 0.6) is 0 Å². The van der Waals surface area contributed by atoms with Gasteiger partial charge in [0.05, 0.1) is 5.82 Å². The number of rotatable bonds is 8. The Kier molecular flexibility index (Phi) is 6.58. The molecule has 0 bridgehead atoms.